The Morgan fingerprint density at radius 2 is 2.44 bits per heavy atom. The van der Waals surface area contributed by atoms with Crippen LogP contribution in [0.25, 0.3) is 0 Å². The number of hydrogen-bond donors (Lipinski definition) is 1. The highest BCUT2D eigenvalue weighted by Crippen LogP contribution is 2.26. The lowest BCUT2D eigenvalue weighted by molar-refractivity contribution is 0.114. The van der Waals surface area contributed by atoms with Gasteiger partial charge in [-0.25, -0.2) is 0 Å². The van der Waals surface area contributed by atoms with Gasteiger partial charge in [-0.05, 0) is 12.8 Å². The van der Waals surface area contributed by atoms with Crippen LogP contribution in [0.2, 0.25) is 0 Å². The zero-order valence-corrected chi connectivity index (χ0v) is 9.43. The largest absolute Gasteiger partial charge is 0.373 e. The van der Waals surface area contributed by atoms with E-state index in [0.29, 0.717) is 18.3 Å². The molecule has 5 heteroatoms. The third kappa shape index (κ3) is 2.68. The SMILES string of the molecule is CCCOCc1noc(C2C=CC(N)C2)n1. The van der Waals surface area contributed by atoms with E-state index in [1.807, 2.05) is 12.2 Å². The van der Waals surface area contributed by atoms with Crippen molar-refractivity contribution < 1.29 is 9.26 Å². The standard InChI is InChI=1S/C11H17N3O2/c1-2-5-15-7-10-13-11(16-14-10)8-3-4-9(12)6-8/h3-4,8-9H,2,5-7,12H2,1H3. The van der Waals surface area contributed by atoms with Crippen molar-refractivity contribution in [2.45, 2.75) is 38.3 Å². The summed E-state index contributed by atoms with van der Waals surface area (Å²) in [6, 6.07) is 0.108. The van der Waals surface area contributed by atoms with E-state index in [4.69, 9.17) is 15.0 Å². The van der Waals surface area contributed by atoms with Crippen molar-refractivity contribution >= 4 is 0 Å². The van der Waals surface area contributed by atoms with E-state index in [2.05, 4.69) is 17.1 Å². The summed E-state index contributed by atoms with van der Waals surface area (Å²) in [7, 11) is 0. The van der Waals surface area contributed by atoms with Crippen molar-refractivity contribution in [1.29, 1.82) is 0 Å². The quantitative estimate of drug-likeness (QED) is 0.602. The van der Waals surface area contributed by atoms with Gasteiger partial charge in [0.2, 0.25) is 5.89 Å². The molecule has 0 aliphatic heterocycles. The zero-order chi connectivity index (χ0) is 11.4. The van der Waals surface area contributed by atoms with Crippen molar-refractivity contribution in [2.75, 3.05) is 6.61 Å². The maximum absolute atomic E-state index is 5.77. The minimum absolute atomic E-state index is 0.108. The average Bonchev–Trinajstić information content (AvgIpc) is 2.87. The first-order valence-electron chi connectivity index (χ1n) is 5.63. The third-order valence-electron chi connectivity index (χ3n) is 2.50. The van der Waals surface area contributed by atoms with E-state index in [-0.39, 0.29) is 12.0 Å². The molecule has 0 bridgehead atoms. The van der Waals surface area contributed by atoms with Gasteiger partial charge in [-0.15, -0.1) is 0 Å². The van der Waals surface area contributed by atoms with Crippen LogP contribution in [-0.2, 0) is 11.3 Å². The van der Waals surface area contributed by atoms with E-state index in [9.17, 15) is 0 Å². The Balaban J connectivity index is 1.89. The normalized spacial score (nSPS) is 24.1. The van der Waals surface area contributed by atoms with Crippen LogP contribution in [0.1, 0.15) is 37.4 Å². The molecular formula is C11H17N3O2. The van der Waals surface area contributed by atoms with Crippen LogP contribution >= 0.6 is 0 Å². The average molecular weight is 223 g/mol. The second-order valence-electron chi connectivity index (χ2n) is 3.99. The Kier molecular flexibility index (Phi) is 3.69. The molecule has 0 spiro atoms. The van der Waals surface area contributed by atoms with Crippen LogP contribution in [-0.4, -0.2) is 22.8 Å². The molecule has 2 N–H and O–H groups in total. The Hall–Kier alpha value is -1.20. The maximum atomic E-state index is 5.77. The van der Waals surface area contributed by atoms with Gasteiger partial charge in [0.05, 0.1) is 5.92 Å². The number of rotatable bonds is 5. The highest BCUT2D eigenvalue weighted by Gasteiger charge is 2.22. The predicted molar refractivity (Wildman–Crippen MR) is 58.7 cm³/mol. The molecule has 0 saturated heterocycles. The molecule has 0 radical (unpaired) electrons. The van der Waals surface area contributed by atoms with E-state index in [1.165, 1.54) is 0 Å². The minimum Gasteiger partial charge on any atom is -0.373 e. The fourth-order valence-electron chi connectivity index (χ4n) is 1.69. The number of allylic oxidation sites excluding steroid dienone is 1. The van der Waals surface area contributed by atoms with Gasteiger partial charge >= 0.3 is 0 Å². The van der Waals surface area contributed by atoms with Crippen molar-refractivity contribution in [2.24, 2.45) is 5.73 Å². The van der Waals surface area contributed by atoms with Crippen LogP contribution in [0.5, 0.6) is 0 Å². The summed E-state index contributed by atoms with van der Waals surface area (Å²) < 4.78 is 10.5. The lowest BCUT2D eigenvalue weighted by Crippen LogP contribution is -2.14. The highest BCUT2D eigenvalue weighted by molar-refractivity contribution is 5.15. The molecular weight excluding hydrogens is 206 g/mol. The van der Waals surface area contributed by atoms with E-state index < -0.39 is 0 Å². The van der Waals surface area contributed by atoms with Gasteiger partial charge in [0, 0.05) is 12.6 Å². The smallest absolute Gasteiger partial charge is 0.233 e. The van der Waals surface area contributed by atoms with Crippen LogP contribution in [0.15, 0.2) is 16.7 Å². The summed E-state index contributed by atoms with van der Waals surface area (Å²) in [4.78, 5) is 4.29. The lowest BCUT2D eigenvalue weighted by atomic mass is 10.1. The molecule has 1 heterocycles. The summed E-state index contributed by atoms with van der Waals surface area (Å²) in [5, 5.41) is 3.87. The number of aromatic nitrogens is 2. The van der Waals surface area contributed by atoms with Gasteiger partial charge in [-0.2, -0.15) is 4.98 Å². The number of hydrogen-bond acceptors (Lipinski definition) is 5. The zero-order valence-electron chi connectivity index (χ0n) is 9.43. The first kappa shape index (κ1) is 11.3. The second-order valence-corrected chi connectivity index (χ2v) is 3.99. The van der Waals surface area contributed by atoms with Gasteiger partial charge in [0.25, 0.3) is 0 Å². The molecule has 1 aliphatic rings. The molecule has 16 heavy (non-hydrogen) atoms. The molecule has 2 rings (SSSR count). The summed E-state index contributed by atoms with van der Waals surface area (Å²) in [6.45, 7) is 3.20. The fourth-order valence-corrected chi connectivity index (χ4v) is 1.69. The van der Waals surface area contributed by atoms with Gasteiger partial charge in [-0.3, -0.25) is 0 Å². The van der Waals surface area contributed by atoms with Crippen molar-refractivity contribution in [3.63, 3.8) is 0 Å². The molecule has 5 nitrogen and oxygen atoms in total. The number of nitrogens with zero attached hydrogens (tertiary/aromatic N) is 2. The van der Waals surface area contributed by atoms with Crippen molar-refractivity contribution in [1.82, 2.24) is 10.1 Å². The lowest BCUT2D eigenvalue weighted by Gasteiger charge is -2.02. The van der Waals surface area contributed by atoms with Crippen LogP contribution < -0.4 is 5.73 Å². The maximum Gasteiger partial charge on any atom is 0.233 e. The molecule has 2 atom stereocenters. The molecule has 1 aromatic rings. The van der Waals surface area contributed by atoms with Crippen molar-refractivity contribution in [3.8, 4) is 0 Å². The Labute approximate surface area is 94.7 Å². The highest BCUT2D eigenvalue weighted by atomic mass is 16.5. The topological polar surface area (TPSA) is 74.2 Å². The summed E-state index contributed by atoms with van der Waals surface area (Å²) in [5.41, 5.74) is 5.77. The first-order chi connectivity index (χ1) is 7.79. The second kappa shape index (κ2) is 5.23. The monoisotopic (exact) mass is 223 g/mol. The van der Waals surface area contributed by atoms with Crippen LogP contribution in [0.3, 0.4) is 0 Å². The number of ether oxygens (including phenoxy) is 1. The molecule has 0 saturated carbocycles. The summed E-state index contributed by atoms with van der Waals surface area (Å²) in [5.74, 6) is 1.42. The van der Waals surface area contributed by atoms with Gasteiger partial charge < -0.3 is 15.0 Å². The molecule has 0 amide bonds. The van der Waals surface area contributed by atoms with E-state index in [0.717, 1.165) is 19.4 Å². The fraction of sp³-hybridized carbons (Fsp3) is 0.636. The molecule has 0 fully saturated rings. The number of nitrogens with two attached hydrogens (primary N) is 1. The Bertz CT molecular complexity index is 362. The van der Waals surface area contributed by atoms with Gasteiger partial charge in [0.15, 0.2) is 5.82 Å². The van der Waals surface area contributed by atoms with Gasteiger partial charge in [0.1, 0.15) is 6.61 Å². The Morgan fingerprint density at radius 3 is 3.12 bits per heavy atom. The predicted octanol–water partition coefficient (Wildman–Crippen LogP) is 1.37. The molecule has 2 unspecified atom stereocenters. The molecule has 1 aliphatic carbocycles. The molecule has 88 valence electrons. The van der Waals surface area contributed by atoms with Crippen LogP contribution in [0.4, 0.5) is 0 Å². The minimum atomic E-state index is 0.108. The summed E-state index contributed by atoms with van der Waals surface area (Å²) >= 11 is 0. The molecule has 1 aromatic heterocycles. The third-order valence-corrected chi connectivity index (χ3v) is 2.50. The van der Waals surface area contributed by atoms with E-state index in [1.54, 1.807) is 0 Å². The summed E-state index contributed by atoms with van der Waals surface area (Å²) in [6.07, 6.45) is 5.83. The van der Waals surface area contributed by atoms with Crippen LogP contribution in [0, 0.1) is 0 Å². The van der Waals surface area contributed by atoms with Crippen molar-refractivity contribution in [3.05, 3.63) is 23.9 Å². The first-order valence-corrected chi connectivity index (χ1v) is 5.63. The van der Waals surface area contributed by atoms with E-state index >= 15 is 0 Å². The van der Waals surface area contributed by atoms with Gasteiger partial charge in [-0.1, -0.05) is 24.2 Å². The molecule has 0 aromatic carbocycles. The Morgan fingerprint density at radius 1 is 1.56 bits per heavy atom.